The molecule has 0 aromatic carbocycles. The van der Waals surface area contributed by atoms with Crippen LogP contribution >= 0.6 is 0 Å². The summed E-state index contributed by atoms with van der Waals surface area (Å²) in [6, 6.07) is 0. The van der Waals surface area contributed by atoms with Gasteiger partial charge in [-0.1, -0.05) is 70.6 Å². The van der Waals surface area contributed by atoms with E-state index >= 15 is 0 Å². The zero-order chi connectivity index (χ0) is 28.8. The Kier molecular flexibility index (Phi) is 21.7. The lowest BCUT2D eigenvalue weighted by molar-refractivity contribution is -0.355. The zero-order valence-corrected chi connectivity index (χ0v) is 22.7. The van der Waals surface area contributed by atoms with Crippen LogP contribution in [0.2, 0.25) is 0 Å². The van der Waals surface area contributed by atoms with Crippen molar-refractivity contribution in [3.8, 4) is 0 Å². The molecule has 230 valence electrons. The van der Waals surface area contributed by atoms with Gasteiger partial charge >= 0.3 is 18.0 Å². The van der Waals surface area contributed by atoms with Gasteiger partial charge in [0.15, 0.2) is 0 Å². The number of rotatable bonds is 27. The fourth-order valence-electron chi connectivity index (χ4n) is 3.76. The first-order valence-electron chi connectivity index (χ1n) is 13.7. The molecule has 0 aliphatic carbocycles. The Hall–Kier alpha value is -0.690. The van der Waals surface area contributed by atoms with Crippen LogP contribution in [0.25, 0.3) is 0 Å². The highest BCUT2D eigenvalue weighted by Crippen LogP contribution is 2.48. The highest BCUT2D eigenvalue weighted by atomic mass is 19.4. The van der Waals surface area contributed by atoms with Gasteiger partial charge in [-0.05, 0) is 12.8 Å². The molecule has 1 unspecified atom stereocenters. The molecule has 0 saturated heterocycles. The van der Waals surface area contributed by atoms with E-state index in [-0.39, 0.29) is 25.6 Å². The van der Waals surface area contributed by atoms with Gasteiger partial charge < -0.3 is 24.1 Å². The molecule has 12 heteroatoms. The maximum atomic E-state index is 13.2. The number of methoxy groups -OCH3 is 1. The minimum absolute atomic E-state index is 0.00643. The van der Waals surface area contributed by atoms with Crippen molar-refractivity contribution in [3.05, 3.63) is 0 Å². The fraction of sp³-hybridized carbons (Fsp3) is 1.00. The number of aliphatic hydroxyl groups excluding tert-OH is 1. The molecule has 0 aromatic rings. The van der Waals surface area contributed by atoms with Gasteiger partial charge in [0.2, 0.25) is 0 Å². The van der Waals surface area contributed by atoms with Crippen molar-refractivity contribution in [1.82, 2.24) is 0 Å². The SMILES string of the molecule is COC(COCCCCCCCCCCCCCCCC(F)(F)C(F)(F)C(F)(F)F)COCCOCCO. The number of alkyl halides is 7. The molecular formula is C26H47F7O5. The summed E-state index contributed by atoms with van der Waals surface area (Å²) in [7, 11) is 1.61. The molecule has 0 aliphatic rings. The summed E-state index contributed by atoms with van der Waals surface area (Å²) in [5.41, 5.74) is 0. The van der Waals surface area contributed by atoms with Gasteiger partial charge in [0.05, 0.1) is 39.6 Å². The largest absolute Gasteiger partial charge is 0.459 e. The molecule has 0 aromatic heterocycles. The number of unbranched alkanes of at least 4 members (excludes halogenated alkanes) is 12. The van der Waals surface area contributed by atoms with Gasteiger partial charge in [-0.3, -0.25) is 0 Å². The van der Waals surface area contributed by atoms with E-state index in [9.17, 15) is 30.7 Å². The Bertz CT molecular complexity index is 537. The van der Waals surface area contributed by atoms with Crippen LogP contribution in [0, 0.1) is 0 Å². The monoisotopic (exact) mass is 572 g/mol. The second-order valence-corrected chi connectivity index (χ2v) is 9.47. The number of halogens is 7. The van der Waals surface area contributed by atoms with E-state index in [2.05, 4.69) is 0 Å². The Morgan fingerprint density at radius 2 is 0.974 bits per heavy atom. The first-order chi connectivity index (χ1) is 18.0. The van der Waals surface area contributed by atoms with Crippen LogP contribution in [-0.4, -0.2) is 82.6 Å². The van der Waals surface area contributed by atoms with Gasteiger partial charge in [0, 0.05) is 20.1 Å². The molecule has 0 fully saturated rings. The van der Waals surface area contributed by atoms with E-state index in [1.807, 2.05) is 0 Å². The van der Waals surface area contributed by atoms with E-state index in [0.29, 0.717) is 46.1 Å². The molecule has 0 heterocycles. The Morgan fingerprint density at radius 3 is 1.42 bits per heavy atom. The number of aliphatic hydroxyl groups is 1. The molecule has 38 heavy (non-hydrogen) atoms. The van der Waals surface area contributed by atoms with Crippen molar-refractivity contribution in [2.45, 2.75) is 114 Å². The van der Waals surface area contributed by atoms with Gasteiger partial charge in [-0.25, -0.2) is 0 Å². The lowest BCUT2D eigenvalue weighted by Crippen LogP contribution is -2.51. The van der Waals surface area contributed by atoms with Crippen molar-refractivity contribution in [2.75, 3.05) is 53.4 Å². The van der Waals surface area contributed by atoms with Gasteiger partial charge in [0.25, 0.3) is 0 Å². The Morgan fingerprint density at radius 1 is 0.553 bits per heavy atom. The maximum Gasteiger partial charge on any atom is 0.459 e. The van der Waals surface area contributed by atoms with E-state index in [1.54, 1.807) is 7.11 Å². The van der Waals surface area contributed by atoms with Crippen molar-refractivity contribution in [3.63, 3.8) is 0 Å². The standard InChI is InChI=1S/C26H47F7O5/c1-35-23(22-38-20-19-36-18-16-34)21-37-17-14-12-10-8-6-4-2-3-5-7-9-11-13-15-24(27,28)25(29,30)26(31,32)33/h23,34H,2-22H2,1H3. The second-order valence-electron chi connectivity index (χ2n) is 9.47. The van der Waals surface area contributed by atoms with Crippen LogP contribution in [0.15, 0.2) is 0 Å². The van der Waals surface area contributed by atoms with E-state index in [4.69, 9.17) is 24.1 Å². The molecule has 0 amide bonds. The first-order valence-corrected chi connectivity index (χ1v) is 13.7. The lowest BCUT2D eigenvalue weighted by Gasteiger charge is -2.28. The number of ether oxygens (including phenoxy) is 4. The predicted molar refractivity (Wildman–Crippen MR) is 131 cm³/mol. The average Bonchev–Trinajstić information content (AvgIpc) is 2.85. The minimum atomic E-state index is -6.24. The summed E-state index contributed by atoms with van der Waals surface area (Å²) in [4.78, 5) is 0. The zero-order valence-electron chi connectivity index (χ0n) is 22.7. The molecule has 5 nitrogen and oxygen atoms in total. The topological polar surface area (TPSA) is 57.2 Å². The third-order valence-electron chi connectivity index (χ3n) is 6.14. The summed E-state index contributed by atoms with van der Waals surface area (Å²) in [5, 5.41) is 8.61. The maximum absolute atomic E-state index is 13.2. The van der Waals surface area contributed by atoms with Crippen LogP contribution in [0.1, 0.15) is 89.9 Å². The van der Waals surface area contributed by atoms with Crippen molar-refractivity contribution in [2.24, 2.45) is 0 Å². The summed E-state index contributed by atoms with van der Waals surface area (Å²) in [6.45, 7) is 2.71. The van der Waals surface area contributed by atoms with Crippen LogP contribution in [-0.2, 0) is 18.9 Å². The predicted octanol–water partition coefficient (Wildman–Crippen LogP) is 7.34. The third kappa shape index (κ3) is 17.8. The lowest BCUT2D eigenvalue weighted by atomic mass is 10.0. The van der Waals surface area contributed by atoms with Crippen LogP contribution in [0.5, 0.6) is 0 Å². The van der Waals surface area contributed by atoms with Crippen molar-refractivity contribution in [1.29, 1.82) is 0 Å². The highest BCUT2D eigenvalue weighted by Gasteiger charge is 2.72. The highest BCUT2D eigenvalue weighted by molar-refractivity contribution is 4.90. The van der Waals surface area contributed by atoms with E-state index in [1.165, 1.54) is 0 Å². The third-order valence-corrected chi connectivity index (χ3v) is 6.14. The van der Waals surface area contributed by atoms with Gasteiger partial charge in [-0.2, -0.15) is 30.7 Å². The van der Waals surface area contributed by atoms with Crippen LogP contribution in [0.3, 0.4) is 0 Å². The molecule has 0 aliphatic heterocycles. The van der Waals surface area contributed by atoms with Gasteiger partial charge in [0.1, 0.15) is 6.10 Å². The summed E-state index contributed by atoms with van der Waals surface area (Å²) < 4.78 is 110. The molecule has 0 spiro atoms. The molecular weight excluding hydrogens is 525 g/mol. The summed E-state index contributed by atoms with van der Waals surface area (Å²) in [6.07, 6.45) is 2.88. The first kappa shape index (κ1) is 37.3. The molecule has 0 bridgehead atoms. The van der Waals surface area contributed by atoms with E-state index in [0.717, 1.165) is 64.2 Å². The minimum Gasteiger partial charge on any atom is -0.394 e. The number of hydrogen-bond acceptors (Lipinski definition) is 5. The van der Waals surface area contributed by atoms with E-state index < -0.39 is 24.4 Å². The number of hydrogen-bond donors (Lipinski definition) is 1. The Balaban J connectivity index is 3.46. The molecule has 1 N–H and O–H groups in total. The van der Waals surface area contributed by atoms with Crippen molar-refractivity contribution < 1.29 is 54.8 Å². The fourth-order valence-corrected chi connectivity index (χ4v) is 3.76. The summed E-state index contributed by atoms with van der Waals surface area (Å²) in [5.74, 6) is -11.1. The molecule has 0 saturated carbocycles. The summed E-state index contributed by atoms with van der Waals surface area (Å²) >= 11 is 0. The van der Waals surface area contributed by atoms with Crippen LogP contribution in [0.4, 0.5) is 30.7 Å². The van der Waals surface area contributed by atoms with Gasteiger partial charge in [-0.15, -0.1) is 0 Å². The molecule has 0 radical (unpaired) electrons. The van der Waals surface area contributed by atoms with Crippen molar-refractivity contribution >= 4 is 0 Å². The Labute approximate surface area is 222 Å². The molecule has 1 atom stereocenters. The average molecular weight is 573 g/mol. The smallest absolute Gasteiger partial charge is 0.394 e. The van der Waals surface area contributed by atoms with Crippen LogP contribution < -0.4 is 0 Å². The quantitative estimate of drug-likeness (QED) is 0.0825. The second kappa shape index (κ2) is 22.1. The normalized spacial score (nSPS) is 13.8. The molecule has 0 rings (SSSR count).